The molecule has 2 heterocycles. The predicted molar refractivity (Wildman–Crippen MR) is 129 cm³/mol. The summed E-state index contributed by atoms with van der Waals surface area (Å²) in [4.78, 5) is 41.9. The lowest BCUT2D eigenvalue weighted by Gasteiger charge is -2.17. The number of carbonyl (C=O) groups excluding carboxylic acids is 3. The summed E-state index contributed by atoms with van der Waals surface area (Å²) in [5, 5.41) is 0. The molecule has 2 aromatic rings. The van der Waals surface area contributed by atoms with Gasteiger partial charge in [0.25, 0.3) is 11.8 Å². The van der Waals surface area contributed by atoms with E-state index in [9.17, 15) is 14.4 Å². The van der Waals surface area contributed by atoms with Crippen LogP contribution < -0.4 is 4.90 Å². The van der Waals surface area contributed by atoms with Gasteiger partial charge in [-0.25, -0.2) is 0 Å². The van der Waals surface area contributed by atoms with Crippen molar-refractivity contribution in [3.05, 3.63) is 70.6 Å². The summed E-state index contributed by atoms with van der Waals surface area (Å²) >= 11 is 6.51. The summed E-state index contributed by atoms with van der Waals surface area (Å²) in [6.45, 7) is 2.81. The zero-order valence-corrected chi connectivity index (χ0v) is 19.2. The number of thioether (sulfide) groups is 1. The van der Waals surface area contributed by atoms with E-state index in [2.05, 4.69) is 0 Å². The smallest absolute Gasteiger partial charge is 0.307 e. The van der Waals surface area contributed by atoms with E-state index in [1.54, 1.807) is 4.90 Å². The average Bonchev–Trinajstić information content (AvgIpc) is 3.23. The highest BCUT2D eigenvalue weighted by atomic mass is 32.2. The summed E-state index contributed by atoms with van der Waals surface area (Å²) in [7, 11) is 0. The zero-order valence-electron chi connectivity index (χ0n) is 17.6. The molecule has 6 nitrogen and oxygen atoms in total. The lowest BCUT2D eigenvalue weighted by atomic mass is 10.1. The van der Waals surface area contributed by atoms with Crippen molar-refractivity contribution in [2.24, 2.45) is 0 Å². The molecule has 4 rings (SSSR count). The van der Waals surface area contributed by atoms with Crippen molar-refractivity contribution >= 4 is 57.3 Å². The number of nitrogens with zero attached hydrogens (tertiary/aromatic N) is 2. The van der Waals surface area contributed by atoms with E-state index >= 15 is 0 Å². The molecule has 164 valence electrons. The number of thiocarbonyl (C=S) groups is 1. The van der Waals surface area contributed by atoms with Crippen LogP contribution in [0, 0.1) is 0 Å². The van der Waals surface area contributed by atoms with Gasteiger partial charge in [0.05, 0.1) is 35.7 Å². The number of hydrogen-bond acceptors (Lipinski definition) is 6. The maximum atomic E-state index is 13.5. The monoisotopic (exact) mass is 466 g/mol. The van der Waals surface area contributed by atoms with Gasteiger partial charge in [-0.2, -0.15) is 0 Å². The Labute approximate surface area is 196 Å². The van der Waals surface area contributed by atoms with Gasteiger partial charge >= 0.3 is 5.97 Å². The summed E-state index contributed by atoms with van der Waals surface area (Å²) in [5.41, 5.74) is 2.85. The van der Waals surface area contributed by atoms with Crippen molar-refractivity contribution < 1.29 is 19.1 Å². The standard InChI is InChI=1S/C24H22N2O4S2/c1-2-14-30-19(27)12-13-25-23(29)21(32-24(25)31)20-17-10-6-7-11-18(17)26(22(20)28)15-16-8-4-3-5-9-16/h3-11H,2,12-15H2,1H3/b21-20-. The Morgan fingerprint density at radius 1 is 1.00 bits per heavy atom. The van der Waals surface area contributed by atoms with Crippen molar-refractivity contribution in [2.45, 2.75) is 26.3 Å². The fourth-order valence-corrected chi connectivity index (χ4v) is 5.04. The third-order valence-electron chi connectivity index (χ3n) is 5.19. The molecule has 0 saturated carbocycles. The van der Waals surface area contributed by atoms with Gasteiger partial charge in [0, 0.05) is 12.1 Å². The lowest BCUT2D eigenvalue weighted by molar-refractivity contribution is -0.144. The Kier molecular flexibility index (Phi) is 6.72. The molecule has 8 heteroatoms. The predicted octanol–water partition coefficient (Wildman–Crippen LogP) is 4.15. The first kappa shape index (κ1) is 22.2. The van der Waals surface area contributed by atoms with Gasteiger partial charge in [-0.05, 0) is 18.1 Å². The van der Waals surface area contributed by atoms with Crippen LogP contribution in [-0.2, 0) is 25.7 Å². The quantitative estimate of drug-likeness (QED) is 0.347. The number of amides is 2. The Balaban J connectivity index is 1.61. The molecule has 2 aliphatic rings. The number of rotatable bonds is 7. The topological polar surface area (TPSA) is 66.9 Å². The van der Waals surface area contributed by atoms with Crippen LogP contribution in [0.1, 0.15) is 30.9 Å². The largest absolute Gasteiger partial charge is 0.466 e. The molecular formula is C24H22N2O4S2. The molecule has 0 radical (unpaired) electrons. The molecule has 0 aromatic heterocycles. The van der Waals surface area contributed by atoms with Crippen LogP contribution in [0.4, 0.5) is 5.69 Å². The third-order valence-corrected chi connectivity index (χ3v) is 6.64. The van der Waals surface area contributed by atoms with Crippen LogP contribution in [0.25, 0.3) is 5.57 Å². The normalized spacial score (nSPS) is 17.8. The second-order valence-corrected chi connectivity index (χ2v) is 9.04. The molecule has 2 aliphatic heterocycles. The number of carbonyl (C=O) groups is 3. The molecule has 0 aliphatic carbocycles. The van der Waals surface area contributed by atoms with E-state index in [4.69, 9.17) is 17.0 Å². The number of anilines is 1. The van der Waals surface area contributed by atoms with Gasteiger partial charge in [-0.3, -0.25) is 19.3 Å². The first-order valence-electron chi connectivity index (χ1n) is 10.4. The van der Waals surface area contributed by atoms with Crippen molar-refractivity contribution in [3.8, 4) is 0 Å². The minimum absolute atomic E-state index is 0.0553. The Hall–Kier alpha value is -2.97. The number of para-hydroxylation sites is 1. The molecule has 0 bridgehead atoms. The van der Waals surface area contributed by atoms with Crippen molar-refractivity contribution in [1.29, 1.82) is 0 Å². The summed E-state index contributed by atoms with van der Waals surface area (Å²) in [5.74, 6) is -0.939. The Morgan fingerprint density at radius 2 is 1.72 bits per heavy atom. The van der Waals surface area contributed by atoms with Crippen LogP contribution in [0.2, 0.25) is 0 Å². The third kappa shape index (κ3) is 4.33. The molecule has 0 atom stereocenters. The first-order valence-corrected chi connectivity index (χ1v) is 11.6. The fourth-order valence-electron chi connectivity index (χ4n) is 3.66. The molecule has 32 heavy (non-hydrogen) atoms. The maximum absolute atomic E-state index is 13.5. The SMILES string of the molecule is CCCOC(=O)CCN1C(=O)/C(=C2/C(=O)N(Cc3ccccc3)c3ccccc32)SC1=S. The summed E-state index contributed by atoms with van der Waals surface area (Å²) in [6.07, 6.45) is 0.791. The van der Waals surface area contributed by atoms with Gasteiger partial charge in [0.2, 0.25) is 0 Å². The molecular weight excluding hydrogens is 444 g/mol. The maximum Gasteiger partial charge on any atom is 0.307 e. The Bertz CT molecular complexity index is 1110. The molecule has 1 saturated heterocycles. The van der Waals surface area contributed by atoms with E-state index in [1.807, 2.05) is 61.5 Å². The van der Waals surface area contributed by atoms with Crippen molar-refractivity contribution in [2.75, 3.05) is 18.1 Å². The van der Waals surface area contributed by atoms with E-state index < -0.39 is 0 Å². The molecule has 0 spiro atoms. The lowest BCUT2D eigenvalue weighted by Crippen LogP contribution is -2.31. The zero-order chi connectivity index (χ0) is 22.7. The van der Waals surface area contributed by atoms with Gasteiger partial charge in [-0.15, -0.1) is 0 Å². The minimum Gasteiger partial charge on any atom is -0.466 e. The number of hydrogen-bond donors (Lipinski definition) is 0. The van der Waals surface area contributed by atoms with E-state index in [0.717, 1.165) is 35.0 Å². The van der Waals surface area contributed by atoms with Gasteiger partial charge in [0.15, 0.2) is 0 Å². The number of fused-ring (bicyclic) bond motifs is 1. The van der Waals surface area contributed by atoms with Crippen LogP contribution in [0.5, 0.6) is 0 Å². The van der Waals surface area contributed by atoms with E-state index in [-0.39, 0.29) is 30.7 Å². The number of esters is 1. The van der Waals surface area contributed by atoms with Gasteiger partial charge in [0.1, 0.15) is 4.32 Å². The van der Waals surface area contributed by atoms with Gasteiger partial charge < -0.3 is 9.64 Å². The second kappa shape index (κ2) is 9.67. The van der Waals surface area contributed by atoms with Crippen LogP contribution >= 0.6 is 24.0 Å². The molecule has 2 amide bonds. The Morgan fingerprint density at radius 3 is 2.47 bits per heavy atom. The summed E-state index contributed by atoms with van der Waals surface area (Å²) < 4.78 is 5.42. The fraction of sp³-hybridized carbons (Fsp3) is 0.250. The second-order valence-electron chi connectivity index (χ2n) is 7.39. The molecule has 1 fully saturated rings. The highest BCUT2D eigenvalue weighted by Crippen LogP contribution is 2.45. The van der Waals surface area contributed by atoms with Crippen molar-refractivity contribution in [1.82, 2.24) is 4.90 Å². The summed E-state index contributed by atoms with van der Waals surface area (Å²) in [6, 6.07) is 17.2. The molecule has 2 aromatic carbocycles. The van der Waals surface area contributed by atoms with Crippen LogP contribution in [0.3, 0.4) is 0 Å². The van der Waals surface area contributed by atoms with Crippen molar-refractivity contribution in [3.63, 3.8) is 0 Å². The van der Waals surface area contributed by atoms with E-state index in [1.165, 1.54) is 4.90 Å². The average molecular weight is 467 g/mol. The highest BCUT2D eigenvalue weighted by Gasteiger charge is 2.41. The van der Waals surface area contributed by atoms with Gasteiger partial charge in [-0.1, -0.05) is 79.4 Å². The minimum atomic E-state index is -0.370. The highest BCUT2D eigenvalue weighted by molar-refractivity contribution is 8.26. The van der Waals surface area contributed by atoms with E-state index in [0.29, 0.717) is 28.0 Å². The van der Waals surface area contributed by atoms with Crippen LogP contribution in [0.15, 0.2) is 59.5 Å². The number of ether oxygens (including phenoxy) is 1. The first-order chi connectivity index (χ1) is 15.5. The molecule has 0 N–H and O–H groups in total. The molecule has 0 unspecified atom stereocenters. The number of benzene rings is 2. The van der Waals surface area contributed by atoms with Crippen LogP contribution in [-0.4, -0.2) is 40.2 Å².